The fourth-order valence-corrected chi connectivity index (χ4v) is 2.33. The zero-order chi connectivity index (χ0) is 13.7. The lowest BCUT2D eigenvalue weighted by molar-refractivity contribution is 0.579. The van der Waals surface area contributed by atoms with Gasteiger partial charge in [0.2, 0.25) is 0 Å². The summed E-state index contributed by atoms with van der Waals surface area (Å²) in [5, 5.41) is 15.4. The smallest absolute Gasteiger partial charge is 0.132 e. The number of hydrogen-bond acceptors (Lipinski definition) is 5. The summed E-state index contributed by atoms with van der Waals surface area (Å²) in [5.41, 5.74) is -0.628. The normalized spacial score (nSPS) is 16.1. The number of nitrogens with zero attached hydrogens (tertiary/aromatic N) is 3. The SMILES string of the molecule is CC(C)(C#N)Nc1cc(NCC2CCCC2)ncn1. The minimum Gasteiger partial charge on any atom is -0.370 e. The van der Waals surface area contributed by atoms with Crippen LogP contribution in [0.4, 0.5) is 11.6 Å². The Morgan fingerprint density at radius 1 is 1.32 bits per heavy atom. The molecular weight excluding hydrogens is 238 g/mol. The Morgan fingerprint density at radius 2 is 2.00 bits per heavy atom. The number of aromatic nitrogens is 2. The Bertz CT molecular complexity index is 457. The van der Waals surface area contributed by atoms with Gasteiger partial charge in [0, 0.05) is 12.6 Å². The second-order valence-corrected chi connectivity index (χ2v) is 5.68. The van der Waals surface area contributed by atoms with Crippen LogP contribution in [0.5, 0.6) is 0 Å². The molecule has 0 radical (unpaired) electrons. The number of nitrogens with one attached hydrogen (secondary N) is 2. The van der Waals surface area contributed by atoms with Crippen LogP contribution in [0.25, 0.3) is 0 Å². The summed E-state index contributed by atoms with van der Waals surface area (Å²) in [6.45, 7) is 4.61. The Kier molecular flexibility index (Phi) is 4.20. The van der Waals surface area contributed by atoms with Crippen molar-refractivity contribution in [2.24, 2.45) is 5.92 Å². The van der Waals surface area contributed by atoms with Gasteiger partial charge in [-0.2, -0.15) is 5.26 Å². The summed E-state index contributed by atoms with van der Waals surface area (Å²) < 4.78 is 0. The molecule has 5 nitrogen and oxygen atoms in total. The third-order valence-corrected chi connectivity index (χ3v) is 3.43. The number of rotatable bonds is 5. The van der Waals surface area contributed by atoms with Gasteiger partial charge in [0.1, 0.15) is 23.5 Å². The van der Waals surface area contributed by atoms with E-state index < -0.39 is 5.54 Å². The van der Waals surface area contributed by atoms with Crippen LogP contribution in [-0.4, -0.2) is 22.1 Å². The lowest BCUT2D eigenvalue weighted by Gasteiger charge is -2.18. The summed E-state index contributed by atoms with van der Waals surface area (Å²) >= 11 is 0. The molecule has 1 aliphatic rings. The molecule has 0 atom stereocenters. The maximum atomic E-state index is 9.00. The van der Waals surface area contributed by atoms with Gasteiger partial charge >= 0.3 is 0 Å². The average Bonchev–Trinajstić information content (AvgIpc) is 2.89. The van der Waals surface area contributed by atoms with Gasteiger partial charge in [-0.25, -0.2) is 9.97 Å². The molecule has 5 heteroatoms. The molecule has 0 spiro atoms. The maximum absolute atomic E-state index is 9.00. The summed E-state index contributed by atoms with van der Waals surface area (Å²) in [6.07, 6.45) is 6.83. The van der Waals surface area contributed by atoms with Gasteiger partial charge in [-0.1, -0.05) is 12.8 Å². The van der Waals surface area contributed by atoms with Crippen molar-refractivity contribution in [3.05, 3.63) is 12.4 Å². The lowest BCUT2D eigenvalue weighted by Crippen LogP contribution is -2.29. The van der Waals surface area contributed by atoms with Crippen LogP contribution in [0.3, 0.4) is 0 Å². The zero-order valence-corrected chi connectivity index (χ0v) is 11.6. The molecule has 1 aromatic heterocycles. The van der Waals surface area contributed by atoms with Gasteiger partial charge < -0.3 is 10.6 Å². The van der Waals surface area contributed by atoms with Crippen molar-refractivity contribution in [1.82, 2.24) is 9.97 Å². The van der Waals surface area contributed by atoms with E-state index in [9.17, 15) is 0 Å². The number of hydrogen-bond donors (Lipinski definition) is 2. The molecule has 1 aromatic rings. The van der Waals surface area contributed by atoms with Gasteiger partial charge in [-0.3, -0.25) is 0 Å². The first-order chi connectivity index (χ1) is 9.09. The van der Waals surface area contributed by atoms with Crippen molar-refractivity contribution < 1.29 is 0 Å². The predicted octanol–water partition coefficient (Wildman–Crippen LogP) is 2.79. The van der Waals surface area contributed by atoms with Crippen LogP contribution in [0.15, 0.2) is 12.4 Å². The molecule has 19 heavy (non-hydrogen) atoms. The van der Waals surface area contributed by atoms with Gasteiger partial charge in [0.05, 0.1) is 6.07 Å². The molecule has 0 amide bonds. The van der Waals surface area contributed by atoms with Gasteiger partial charge in [0.25, 0.3) is 0 Å². The molecule has 1 heterocycles. The highest BCUT2D eigenvalue weighted by molar-refractivity contribution is 5.48. The van der Waals surface area contributed by atoms with Crippen molar-refractivity contribution in [3.8, 4) is 6.07 Å². The first-order valence-corrected chi connectivity index (χ1v) is 6.84. The van der Waals surface area contributed by atoms with E-state index >= 15 is 0 Å². The minimum atomic E-state index is -0.628. The van der Waals surface area contributed by atoms with E-state index in [0.717, 1.165) is 18.3 Å². The topological polar surface area (TPSA) is 73.6 Å². The molecule has 0 saturated heterocycles. The third-order valence-electron chi connectivity index (χ3n) is 3.43. The highest BCUT2D eigenvalue weighted by Gasteiger charge is 2.17. The van der Waals surface area contributed by atoms with E-state index in [1.54, 1.807) is 0 Å². The summed E-state index contributed by atoms with van der Waals surface area (Å²) in [5.74, 6) is 2.26. The second-order valence-electron chi connectivity index (χ2n) is 5.68. The second kappa shape index (κ2) is 5.87. The Labute approximate surface area is 114 Å². The molecule has 1 saturated carbocycles. The lowest BCUT2D eigenvalue weighted by atomic mass is 10.1. The van der Waals surface area contributed by atoms with Crippen LogP contribution in [0, 0.1) is 17.2 Å². The van der Waals surface area contributed by atoms with Crippen molar-refractivity contribution in [2.75, 3.05) is 17.2 Å². The molecule has 1 fully saturated rings. The number of nitriles is 1. The van der Waals surface area contributed by atoms with Crippen LogP contribution < -0.4 is 10.6 Å². The predicted molar refractivity (Wildman–Crippen MR) is 75.8 cm³/mol. The molecule has 0 bridgehead atoms. The highest BCUT2D eigenvalue weighted by atomic mass is 15.1. The molecule has 0 unspecified atom stereocenters. The van der Waals surface area contributed by atoms with Crippen molar-refractivity contribution in [3.63, 3.8) is 0 Å². The van der Waals surface area contributed by atoms with Gasteiger partial charge in [-0.05, 0) is 32.6 Å². The van der Waals surface area contributed by atoms with E-state index in [4.69, 9.17) is 5.26 Å². The molecule has 2 rings (SSSR count). The largest absolute Gasteiger partial charge is 0.370 e. The Morgan fingerprint density at radius 3 is 2.68 bits per heavy atom. The van der Waals surface area contributed by atoms with Crippen LogP contribution in [0.1, 0.15) is 39.5 Å². The molecule has 102 valence electrons. The fourth-order valence-electron chi connectivity index (χ4n) is 2.33. The Hall–Kier alpha value is -1.83. The molecule has 0 aliphatic heterocycles. The Balaban J connectivity index is 1.93. The van der Waals surface area contributed by atoms with Crippen LogP contribution in [-0.2, 0) is 0 Å². The van der Waals surface area contributed by atoms with E-state index in [-0.39, 0.29) is 0 Å². The average molecular weight is 259 g/mol. The van der Waals surface area contributed by atoms with Gasteiger partial charge in [0.15, 0.2) is 0 Å². The van der Waals surface area contributed by atoms with Crippen LogP contribution >= 0.6 is 0 Å². The summed E-state index contributed by atoms with van der Waals surface area (Å²) in [6, 6.07) is 4.05. The molecule has 2 N–H and O–H groups in total. The third kappa shape index (κ3) is 4.09. The highest BCUT2D eigenvalue weighted by Crippen LogP contribution is 2.25. The maximum Gasteiger partial charge on any atom is 0.132 e. The number of anilines is 2. The van der Waals surface area contributed by atoms with E-state index in [2.05, 4.69) is 26.7 Å². The molecule has 0 aromatic carbocycles. The van der Waals surface area contributed by atoms with E-state index in [0.29, 0.717) is 5.82 Å². The first kappa shape index (κ1) is 13.6. The molecule has 1 aliphatic carbocycles. The fraction of sp³-hybridized carbons (Fsp3) is 0.643. The van der Waals surface area contributed by atoms with Crippen molar-refractivity contribution in [2.45, 2.75) is 45.1 Å². The zero-order valence-electron chi connectivity index (χ0n) is 11.6. The minimum absolute atomic E-state index is 0.628. The monoisotopic (exact) mass is 259 g/mol. The van der Waals surface area contributed by atoms with Crippen LogP contribution in [0.2, 0.25) is 0 Å². The molecular formula is C14H21N5. The van der Waals surface area contributed by atoms with E-state index in [1.807, 2.05) is 19.9 Å². The van der Waals surface area contributed by atoms with Crippen molar-refractivity contribution >= 4 is 11.6 Å². The van der Waals surface area contributed by atoms with Crippen molar-refractivity contribution in [1.29, 1.82) is 5.26 Å². The summed E-state index contributed by atoms with van der Waals surface area (Å²) in [7, 11) is 0. The quantitative estimate of drug-likeness (QED) is 0.850. The van der Waals surface area contributed by atoms with E-state index in [1.165, 1.54) is 32.0 Å². The first-order valence-electron chi connectivity index (χ1n) is 6.84. The summed E-state index contributed by atoms with van der Waals surface area (Å²) in [4.78, 5) is 8.35. The van der Waals surface area contributed by atoms with Gasteiger partial charge in [-0.15, -0.1) is 0 Å². The standard InChI is InChI=1S/C14H21N5/c1-14(2,9-15)19-13-7-12(17-10-18-13)16-8-11-5-3-4-6-11/h7,10-11H,3-6,8H2,1-2H3,(H2,16,17,18,19).